The van der Waals surface area contributed by atoms with E-state index in [4.69, 9.17) is 27.9 Å². The zero-order valence-electron chi connectivity index (χ0n) is 12.1. The van der Waals surface area contributed by atoms with Crippen molar-refractivity contribution in [3.63, 3.8) is 0 Å². The molecule has 1 aliphatic heterocycles. The van der Waals surface area contributed by atoms with Crippen molar-refractivity contribution in [3.05, 3.63) is 28.2 Å². The van der Waals surface area contributed by atoms with Crippen LogP contribution in [0.2, 0.25) is 10.0 Å². The molecular weight excluding hydrogens is 329 g/mol. The number of benzene rings is 1. The smallest absolute Gasteiger partial charge is 0.319 e. The van der Waals surface area contributed by atoms with Crippen LogP contribution in [0, 0.1) is 0 Å². The molecule has 1 atom stereocenters. The molecule has 6 nitrogen and oxygen atoms in total. The van der Waals surface area contributed by atoms with E-state index in [1.807, 2.05) is 0 Å². The summed E-state index contributed by atoms with van der Waals surface area (Å²) < 4.78 is 5.19. The molecule has 1 aromatic carbocycles. The molecule has 3 amide bonds. The van der Waals surface area contributed by atoms with Gasteiger partial charge in [0.05, 0.1) is 13.2 Å². The number of urea groups is 1. The minimum atomic E-state index is -0.632. The standard InChI is InChI=1S/C14H17Cl2N3O3/c1-9(13(20)19-2-4-22-5-3-19)17-14(21)18-12-7-10(15)6-11(16)8-12/h6-9H,2-5H2,1H3,(H2,17,18,21)/t9-/m0/s1. The first-order chi connectivity index (χ1) is 10.5. The fourth-order valence-electron chi connectivity index (χ4n) is 2.11. The number of morpholine rings is 1. The van der Waals surface area contributed by atoms with E-state index in [0.29, 0.717) is 42.0 Å². The van der Waals surface area contributed by atoms with Crippen LogP contribution in [0.4, 0.5) is 10.5 Å². The Kier molecular flexibility index (Phi) is 5.88. The third kappa shape index (κ3) is 4.76. The summed E-state index contributed by atoms with van der Waals surface area (Å²) in [4.78, 5) is 25.8. The van der Waals surface area contributed by atoms with E-state index in [-0.39, 0.29) is 5.91 Å². The lowest BCUT2D eigenvalue weighted by Crippen LogP contribution is -2.51. The molecule has 2 N–H and O–H groups in total. The van der Waals surface area contributed by atoms with Crippen LogP contribution in [-0.4, -0.2) is 49.2 Å². The van der Waals surface area contributed by atoms with Crippen molar-refractivity contribution in [1.29, 1.82) is 0 Å². The SMILES string of the molecule is C[C@H](NC(=O)Nc1cc(Cl)cc(Cl)c1)C(=O)N1CCOCC1. The van der Waals surface area contributed by atoms with Gasteiger partial charge in [-0.1, -0.05) is 23.2 Å². The van der Waals surface area contributed by atoms with Crippen LogP contribution in [0.25, 0.3) is 0 Å². The molecule has 1 aromatic rings. The fraction of sp³-hybridized carbons (Fsp3) is 0.429. The Bertz CT molecular complexity index is 542. The number of hydrogen-bond acceptors (Lipinski definition) is 3. The molecule has 1 heterocycles. The third-order valence-corrected chi connectivity index (χ3v) is 3.60. The van der Waals surface area contributed by atoms with Crippen LogP contribution in [-0.2, 0) is 9.53 Å². The second kappa shape index (κ2) is 7.67. The van der Waals surface area contributed by atoms with Crippen LogP contribution in [0.3, 0.4) is 0 Å². The summed E-state index contributed by atoms with van der Waals surface area (Å²) in [7, 11) is 0. The zero-order valence-corrected chi connectivity index (χ0v) is 13.6. The maximum absolute atomic E-state index is 12.2. The molecule has 22 heavy (non-hydrogen) atoms. The highest BCUT2D eigenvalue weighted by Gasteiger charge is 2.23. The van der Waals surface area contributed by atoms with Gasteiger partial charge in [-0.2, -0.15) is 0 Å². The molecular formula is C14H17Cl2N3O3. The molecule has 0 unspecified atom stereocenters. The molecule has 2 rings (SSSR count). The quantitative estimate of drug-likeness (QED) is 0.883. The number of halogens is 2. The van der Waals surface area contributed by atoms with E-state index in [9.17, 15) is 9.59 Å². The lowest BCUT2D eigenvalue weighted by Gasteiger charge is -2.29. The van der Waals surface area contributed by atoms with Crippen molar-refractivity contribution in [2.45, 2.75) is 13.0 Å². The number of anilines is 1. The van der Waals surface area contributed by atoms with Crippen molar-refractivity contribution >= 4 is 40.8 Å². The summed E-state index contributed by atoms with van der Waals surface area (Å²) in [5, 5.41) is 6.03. The van der Waals surface area contributed by atoms with Gasteiger partial charge in [0.1, 0.15) is 6.04 Å². The van der Waals surface area contributed by atoms with Crippen LogP contribution < -0.4 is 10.6 Å². The Morgan fingerprint density at radius 2 is 1.77 bits per heavy atom. The molecule has 0 radical (unpaired) electrons. The highest BCUT2D eigenvalue weighted by atomic mass is 35.5. The number of ether oxygens (including phenoxy) is 1. The lowest BCUT2D eigenvalue weighted by atomic mass is 10.2. The molecule has 0 spiro atoms. The monoisotopic (exact) mass is 345 g/mol. The first kappa shape index (κ1) is 16.9. The maximum atomic E-state index is 12.2. The van der Waals surface area contributed by atoms with E-state index in [1.54, 1.807) is 30.0 Å². The first-order valence-corrected chi connectivity index (χ1v) is 7.61. The van der Waals surface area contributed by atoms with Crippen LogP contribution >= 0.6 is 23.2 Å². The summed E-state index contributed by atoms with van der Waals surface area (Å²) in [5.41, 5.74) is 0.459. The molecule has 0 aliphatic carbocycles. The topological polar surface area (TPSA) is 70.7 Å². The van der Waals surface area contributed by atoms with Gasteiger partial charge in [0.25, 0.3) is 0 Å². The second-order valence-corrected chi connectivity index (χ2v) is 5.79. The average molecular weight is 346 g/mol. The van der Waals surface area contributed by atoms with Gasteiger partial charge in [0.15, 0.2) is 0 Å². The Balaban J connectivity index is 1.89. The lowest BCUT2D eigenvalue weighted by molar-refractivity contribution is -0.136. The predicted octanol–water partition coefficient (Wildman–Crippen LogP) is 2.36. The third-order valence-electron chi connectivity index (χ3n) is 3.16. The largest absolute Gasteiger partial charge is 0.378 e. The summed E-state index contributed by atoms with van der Waals surface area (Å²) in [6.07, 6.45) is 0. The molecule has 0 saturated carbocycles. The number of nitrogens with zero attached hydrogens (tertiary/aromatic N) is 1. The number of hydrogen-bond donors (Lipinski definition) is 2. The fourth-order valence-corrected chi connectivity index (χ4v) is 2.64. The second-order valence-electron chi connectivity index (χ2n) is 4.92. The van der Waals surface area contributed by atoms with Crippen LogP contribution in [0.5, 0.6) is 0 Å². The number of nitrogens with one attached hydrogen (secondary N) is 2. The van der Waals surface area contributed by atoms with Crippen molar-refractivity contribution in [3.8, 4) is 0 Å². The molecule has 1 aliphatic rings. The van der Waals surface area contributed by atoms with E-state index >= 15 is 0 Å². The van der Waals surface area contributed by atoms with E-state index in [0.717, 1.165) is 0 Å². The normalized spacial score (nSPS) is 16.0. The van der Waals surface area contributed by atoms with E-state index < -0.39 is 12.1 Å². The Morgan fingerprint density at radius 3 is 2.36 bits per heavy atom. The molecule has 8 heteroatoms. The van der Waals surface area contributed by atoms with E-state index in [1.165, 1.54) is 0 Å². The highest BCUT2D eigenvalue weighted by Crippen LogP contribution is 2.22. The number of amides is 3. The predicted molar refractivity (Wildman–Crippen MR) is 85.5 cm³/mol. The summed E-state index contributed by atoms with van der Waals surface area (Å²) in [6.45, 7) is 3.76. The molecule has 1 fully saturated rings. The van der Waals surface area contributed by atoms with Crippen LogP contribution in [0.15, 0.2) is 18.2 Å². The Labute approximate surface area is 138 Å². The number of rotatable bonds is 3. The van der Waals surface area contributed by atoms with Crippen molar-refractivity contribution < 1.29 is 14.3 Å². The molecule has 1 saturated heterocycles. The van der Waals surface area contributed by atoms with Gasteiger partial charge < -0.3 is 20.3 Å². The minimum Gasteiger partial charge on any atom is -0.378 e. The van der Waals surface area contributed by atoms with Gasteiger partial charge in [-0.3, -0.25) is 4.79 Å². The van der Waals surface area contributed by atoms with Crippen molar-refractivity contribution in [1.82, 2.24) is 10.2 Å². The minimum absolute atomic E-state index is 0.137. The summed E-state index contributed by atoms with van der Waals surface area (Å²) in [6, 6.07) is 3.58. The Hall–Kier alpha value is -1.50. The van der Waals surface area contributed by atoms with Crippen LogP contribution in [0.1, 0.15) is 6.92 Å². The van der Waals surface area contributed by atoms with Gasteiger partial charge in [-0.15, -0.1) is 0 Å². The van der Waals surface area contributed by atoms with Gasteiger partial charge in [-0.05, 0) is 25.1 Å². The first-order valence-electron chi connectivity index (χ1n) is 6.86. The maximum Gasteiger partial charge on any atom is 0.319 e. The van der Waals surface area contributed by atoms with Gasteiger partial charge in [0.2, 0.25) is 5.91 Å². The molecule has 120 valence electrons. The van der Waals surface area contributed by atoms with Gasteiger partial charge >= 0.3 is 6.03 Å². The zero-order chi connectivity index (χ0) is 16.1. The summed E-state index contributed by atoms with van der Waals surface area (Å²) >= 11 is 11.7. The van der Waals surface area contributed by atoms with Gasteiger partial charge in [0, 0.05) is 28.8 Å². The number of carbonyl (C=O) groups excluding carboxylic acids is 2. The molecule has 0 bridgehead atoms. The van der Waals surface area contributed by atoms with Crippen molar-refractivity contribution in [2.24, 2.45) is 0 Å². The Morgan fingerprint density at radius 1 is 1.18 bits per heavy atom. The molecule has 0 aromatic heterocycles. The average Bonchev–Trinajstić information content (AvgIpc) is 2.46. The van der Waals surface area contributed by atoms with Gasteiger partial charge in [-0.25, -0.2) is 4.79 Å². The highest BCUT2D eigenvalue weighted by molar-refractivity contribution is 6.35. The van der Waals surface area contributed by atoms with Crippen molar-refractivity contribution in [2.75, 3.05) is 31.6 Å². The van der Waals surface area contributed by atoms with E-state index in [2.05, 4.69) is 10.6 Å². The summed E-state index contributed by atoms with van der Waals surface area (Å²) in [5.74, 6) is -0.137. The number of carbonyl (C=O) groups is 2.